The molecule has 0 amide bonds. The van der Waals surface area contributed by atoms with Crippen LogP contribution >= 0.6 is 0 Å². The highest BCUT2D eigenvalue weighted by atomic mass is 16.4. The average Bonchev–Trinajstić information content (AvgIpc) is 2.72. The van der Waals surface area contributed by atoms with Crippen LogP contribution in [0.15, 0.2) is 51.7 Å². The fraction of sp³-hybridized carbons (Fsp3) is 0.400. The molecule has 2 heterocycles. The van der Waals surface area contributed by atoms with Gasteiger partial charge >= 0.3 is 5.63 Å². The lowest BCUT2D eigenvalue weighted by atomic mass is 9.90. The minimum atomic E-state index is -0.350. The van der Waals surface area contributed by atoms with Gasteiger partial charge in [0.05, 0.1) is 18.7 Å². The summed E-state index contributed by atoms with van der Waals surface area (Å²) in [7, 11) is 0. The Morgan fingerprint density at radius 2 is 1.86 bits per heavy atom. The third-order valence-corrected chi connectivity index (χ3v) is 6.38. The fourth-order valence-electron chi connectivity index (χ4n) is 4.66. The van der Waals surface area contributed by atoms with Crippen LogP contribution in [0.4, 0.5) is 0 Å². The van der Waals surface area contributed by atoms with Crippen molar-refractivity contribution in [3.8, 4) is 5.75 Å². The highest BCUT2D eigenvalue weighted by molar-refractivity contribution is 5.86. The van der Waals surface area contributed by atoms with Crippen LogP contribution in [0, 0.1) is 12.8 Å². The zero-order chi connectivity index (χ0) is 20.4. The third-order valence-electron chi connectivity index (χ3n) is 6.38. The molecule has 2 aromatic carbocycles. The SMILES string of the molecule is CCc1cc2c(C)cc(=O)oc2c(C[NH+]2CCC(Cc3ccccc3)CC2)c1O. The normalized spacial score (nSPS) is 19.5. The number of nitrogens with one attached hydrogen (secondary N) is 1. The number of hydrogen-bond acceptors (Lipinski definition) is 3. The van der Waals surface area contributed by atoms with Crippen molar-refractivity contribution in [1.29, 1.82) is 0 Å². The topological polar surface area (TPSA) is 54.9 Å². The maximum Gasteiger partial charge on any atom is 0.336 e. The van der Waals surface area contributed by atoms with Gasteiger partial charge in [0.15, 0.2) is 5.58 Å². The van der Waals surface area contributed by atoms with E-state index in [1.54, 1.807) is 0 Å². The second-order valence-corrected chi connectivity index (χ2v) is 8.40. The summed E-state index contributed by atoms with van der Waals surface area (Å²) in [5.74, 6) is 1.02. The van der Waals surface area contributed by atoms with Gasteiger partial charge in [0.2, 0.25) is 0 Å². The van der Waals surface area contributed by atoms with Gasteiger partial charge in [-0.3, -0.25) is 0 Å². The number of rotatable bonds is 5. The summed E-state index contributed by atoms with van der Waals surface area (Å²) < 4.78 is 5.57. The van der Waals surface area contributed by atoms with E-state index in [9.17, 15) is 9.90 Å². The monoisotopic (exact) mass is 392 g/mol. The summed E-state index contributed by atoms with van der Waals surface area (Å²) >= 11 is 0. The summed E-state index contributed by atoms with van der Waals surface area (Å²) in [6, 6.07) is 14.2. The molecule has 0 atom stereocenters. The third kappa shape index (κ3) is 4.23. The van der Waals surface area contributed by atoms with Gasteiger partial charge in [-0.25, -0.2) is 4.79 Å². The first kappa shape index (κ1) is 19.7. The van der Waals surface area contributed by atoms with Crippen molar-refractivity contribution in [2.24, 2.45) is 5.92 Å². The van der Waals surface area contributed by atoms with E-state index in [4.69, 9.17) is 4.42 Å². The molecule has 1 aliphatic heterocycles. The van der Waals surface area contributed by atoms with E-state index < -0.39 is 0 Å². The van der Waals surface area contributed by atoms with E-state index in [2.05, 4.69) is 30.3 Å². The van der Waals surface area contributed by atoms with Crippen LogP contribution in [-0.2, 0) is 19.4 Å². The van der Waals surface area contributed by atoms with Crippen molar-refractivity contribution in [3.63, 3.8) is 0 Å². The first-order valence-electron chi connectivity index (χ1n) is 10.7. The molecular formula is C25H30NO3+. The molecule has 3 aromatic rings. The number of quaternary nitrogens is 1. The molecule has 4 rings (SSSR count). The van der Waals surface area contributed by atoms with Crippen LogP contribution in [0.25, 0.3) is 11.0 Å². The highest BCUT2D eigenvalue weighted by Gasteiger charge is 2.26. The van der Waals surface area contributed by atoms with Crippen LogP contribution in [0.5, 0.6) is 5.75 Å². The second-order valence-electron chi connectivity index (χ2n) is 8.40. The standard InChI is InChI=1S/C25H29NO3/c1-3-20-15-21-17(2)13-23(27)29-25(21)22(24(20)28)16-26-11-9-19(10-12-26)14-18-7-5-4-6-8-18/h4-8,13,15,19,28H,3,9-12,14,16H2,1-2H3/p+1. The zero-order valence-electron chi connectivity index (χ0n) is 17.3. The number of phenolic OH excluding ortho intramolecular Hbond substituents is 1. The number of aryl methyl sites for hydroxylation is 2. The van der Waals surface area contributed by atoms with Crippen molar-refractivity contribution in [3.05, 3.63) is 75.1 Å². The zero-order valence-corrected chi connectivity index (χ0v) is 17.3. The molecule has 1 aromatic heterocycles. The smallest absolute Gasteiger partial charge is 0.336 e. The minimum Gasteiger partial charge on any atom is -0.507 e. The summed E-state index contributed by atoms with van der Waals surface area (Å²) in [5.41, 5.74) is 4.24. The lowest BCUT2D eigenvalue weighted by molar-refractivity contribution is -0.919. The van der Waals surface area contributed by atoms with Crippen molar-refractivity contribution in [2.45, 2.75) is 46.1 Å². The van der Waals surface area contributed by atoms with Gasteiger partial charge in [-0.05, 0) is 61.3 Å². The molecule has 0 spiro atoms. The number of phenols is 1. The Kier molecular flexibility index (Phi) is 5.72. The molecule has 0 saturated carbocycles. The molecule has 1 aliphatic rings. The molecule has 1 fully saturated rings. The van der Waals surface area contributed by atoms with Crippen molar-refractivity contribution in [1.82, 2.24) is 0 Å². The van der Waals surface area contributed by atoms with E-state index in [-0.39, 0.29) is 5.63 Å². The van der Waals surface area contributed by atoms with E-state index >= 15 is 0 Å². The largest absolute Gasteiger partial charge is 0.507 e. The predicted molar refractivity (Wildman–Crippen MR) is 116 cm³/mol. The maximum atomic E-state index is 12.0. The Hall–Kier alpha value is -2.59. The van der Waals surface area contributed by atoms with Gasteiger partial charge < -0.3 is 14.4 Å². The first-order valence-corrected chi connectivity index (χ1v) is 10.7. The van der Waals surface area contributed by atoms with Gasteiger partial charge in [0.1, 0.15) is 12.3 Å². The lowest BCUT2D eigenvalue weighted by Crippen LogP contribution is -3.11. The molecule has 4 heteroatoms. The number of fused-ring (bicyclic) bond motifs is 1. The molecule has 4 nitrogen and oxygen atoms in total. The predicted octanol–water partition coefficient (Wildman–Crippen LogP) is 3.41. The molecule has 1 saturated heterocycles. The van der Waals surface area contributed by atoms with Crippen LogP contribution in [0.3, 0.4) is 0 Å². The Bertz CT molecular complexity index is 1050. The maximum absolute atomic E-state index is 12.0. The lowest BCUT2D eigenvalue weighted by Gasteiger charge is -2.30. The summed E-state index contributed by atoms with van der Waals surface area (Å²) in [6.45, 7) is 6.82. The summed E-state index contributed by atoms with van der Waals surface area (Å²) in [5, 5.41) is 11.8. The average molecular weight is 393 g/mol. The van der Waals surface area contributed by atoms with Gasteiger partial charge in [0.25, 0.3) is 0 Å². The number of likely N-dealkylation sites (tertiary alicyclic amines) is 1. The number of aromatic hydroxyl groups is 1. The van der Waals surface area contributed by atoms with Crippen molar-refractivity contribution in [2.75, 3.05) is 13.1 Å². The van der Waals surface area contributed by atoms with E-state index in [0.29, 0.717) is 23.8 Å². The summed E-state index contributed by atoms with van der Waals surface area (Å²) in [4.78, 5) is 13.4. The van der Waals surface area contributed by atoms with Gasteiger partial charge in [-0.1, -0.05) is 37.3 Å². The van der Waals surface area contributed by atoms with Crippen LogP contribution < -0.4 is 10.5 Å². The molecular weight excluding hydrogens is 362 g/mol. The number of hydrogen-bond donors (Lipinski definition) is 2. The van der Waals surface area contributed by atoms with Crippen LogP contribution in [0.1, 0.15) is 42.0 Å². The molecule has 29 heavy (non-hydrogen) atoms. The minimum absolute atomic E-state index is 0.299. The van der Waals surface area contributed by atoms with Crippen LogP contribution in [-0.4, -0.2) is 18.2 Å². The molecule has 0 radical (unpaired) electrons. The van der Waals surface area contributed by atoms with E-state index in [1.165, 1.54) is 29.4 Å². The van der Waals surface area contributed by atoms with Crippen LogP contribution in [0.2, 0.25) is 0 Å². The molecule has 2 N–H and O–H groups in total. The highest BCUT2D eigenvalue weighted by Crippen LogP contribution is 2.32. The van der Waals surface area contributed by atoms with Crippen molar-refractivity contribution < 1.29 is 14.4 Å². The Balaban J connectivity index is 1.54. The quantitative estimate of drug-likeness (QED) is 0.655. The first-order chi connectivity index (χ1) is 14.0. The van der Waals surface area contributed by atoms with Gasteiger partial charge in [-0.2, -0.15) is 0 Å². The molecule has 0 unspecified atom stereocenters. The second kappa shape index (κ2) is 8.42. The van der Waals surface area contributed by atoms with E-state index in [1.807, 2.05) is 19.9 Å². The molecule has 0 bridgehead atoms. The Labute approximate surface area is 171 Å². The van der Waals surface area contributed by atoms with Gasteiger partial charge in [0, 0.05) is 11.5 Å². The van der Waals surface area contributed by atoms with Crippen molar-refractivity contribution >= 4 is 11.0 Å². The summed E-state index contributed by atoms with van der Waals surface area (Å²) in [6.07, 6.45) is 4.25. The molecule has 152 valence electrons. The number of benzene rings is 2. The molecule has 0 aliphatic carbocycles. The van der Waals surface area contributed by atoms with E-state index in [0.717, 1.165) is 48.0 Å². The number of piperidine rings is 1. The Morgan fingerprint density at radius 3 is 2.55 bits per heavy atom. The van der Waals surface area contributed by atoms with Gasteiger partial charge in [-0.15, -0.1) is 0 Å². The Morgan fingerprint density at radius 1 is 1.14 bits per heavy atom. The fourth-order valence-corrected chi connectivity index (χ4v) is 4.66.